The molecule has 0 N–H and O–H groups in total. The maximum Gasteiger partial charge on any atom is 0.0629 e. The Kier molecular flexibility index (Phi) is 6.25. The standard InChI is InChI=1S/C28H20N2/c1-2-11-27(17-14-25-9-6-19-29-22-25)26(10-1)16-13-23-7-5-8-24(21-23)15-18-28-12-3-4-20-30-28/h1-12,14-15,17-22H/b17-14+,18-15+. The molecule has 2 aromatic heterocycles. The van der Waals surface area contributed by atoms with Crippen molar-refractivity contribution in [3.8, 4) is 11.8 Å². The van der Waals surface area contributed by atoms with E-state index in [0.29, 0.717) is 0 Å². The zero-order valence-electron chi connectivity index (χ0n) is 16.4. The lowest BCUT2D eigenvalue weighted by Gasteiger charge is -1.99. The zero-order valence-corrected chi connectivity index (χ0v) is 16.4. The largest absolute Gasteiger partial charge is 0.264 e. The molecule has 0 saturated heterocycles. The van der Waals surface area contributed by atoms with E-state index in [-0.39, 0.29) is 0 Å². The molecular weight excluding hydrogens is 364 g/mol. The summed E-state index contributed by atoms with van der Waals surface area (Å²) in [6.07, 6.45) is 13.6. The molecule has 2 nitrogen and oxygen atoms in total. The Labute approximate surface area is 177 Å². The highest BCUT2D eigenvalue weighted by Crippen LogP contribution is 2.13. The third kappa shape index (κ3) is 5.41. The topological polar surface area (TPSA) is 25.8 Å². The average molecular weight is 384 g/mol. The highest BCUT2D eigenvalue weighted by molar-refractivity contribution is 5.73. The van der Waals surface area contributed by atoms with E-state index in [1.807, 2.05) is 72.9 Å². The van der Waals surface area contributed by atoms with Crippen molar-refractivity contribution in [3.05, 3.63) is 131 Å². The van der Waals surface area contributed by atoms with E-state index in [1.165, 1.54) is 0 Å². The maximum absolute atomic E-state index is 4.32. The fraction of sp³-hybridized carbons (Fsp3) is 0. The lowest BCUT2D eigenvalue weighted by molar-refractivity contribution is 1.30. The molecule has 2 heteroatoms. The van der Waals surface area contributed by atoms with E-state index in [4.69, 9.17) is 0 Å². The number of aromatic nitrogens is 2. The van der Waals surface area contributed by atoms with E-state index in [9.17, 15) is 0 Å². The summed E-state index contributed by atoms with van der Waals surface area (Å²) in [4.78, 5) is 8.47. The summed E-state index contributed by atoms with van der Waals surface area (Å²) in [7, 11) is 0. The Bertz CT molecular complexity index is 1230. The van der Waals surface area contributed by atoms with Crippen molar-refractivity contribution in [3.63, 3.8) is 0 Å². The molecular formula is C28H20N2. The van der Waals surface area contributed by atoms with Crippen molar-refractivity contribution in [2.45, 2.75) is 0 Å². The second-order valence-electron chi connectivity index (χ2n) is 6.67. The Morgan fingerprint density at radius 1 is 0.633 bits per heavy atom. The van der Waals surface area contributed by atoms with Crippen LogP contribution in [0.5, 0.6) is 0 Å². The monoisotopic (exact) mass is 384 g/mol. The van der Waals surface area contributed by atoms with Crippen LogP contribution < -0.4 is 0 Å². The van der Waals surface area contributed by atoms with Crippen molar-refractivity contribution in [1.29, 1.82) is 0 Å². The highest BCUT2D eigenvalue weighted by Gasteiger charge is 1.96. The molecule has 2 heterocycles. The predicted octanol–water partition coefficient (Wildman–Crippen LogP) is 6.22. The summed E-state index contributed by atoms with van der Waals surface area (Å²) >= 11 is 0. The van der Waals surface area contributed by atoms with Crippen LogP contribution in [-0.4, -0.2) is 9.97 Å². The van der Waals surface area contributed by atoms with Crippen molar-refractivity contribution in [2.24, 2.45) is 0 Å². The number of benzene rings is 2. The van der Waals surface area contributed by atoms with E-state index in [0.717, 1.165) is 33.5 Å². The molecule has 4 rings (SSSR count). The average Bonchev–Trinajstić information content (AvgIpc) is 2.82. The van der Waals surface area contributed by atoms with Crippen LogP contribution in [0.3, 0.4) is 0 Å². The van der Waals surface area contributed by atoms with Crippen molar-refractivity contribution >= 4 is 24.3 Å². The van der Waals surface area contributed by atoms with E-state index >= 15 is 0 Å². The van der Waals surface area contributed by atoms with Gasteiger partial charge in [-0.05, 0) is 59.2 Å². The van der Waals surface area contributed by atoms with Crippen LogP contribution in [0, 0.1) is 11.8 Å². The van der Waals surface area contributed by atoms with Crippen LogP contribution in [0.15, 0.2) is 97.5 Å². The molecule has 0 aliphatic carbocycles. The van der Waals surface area contributed by atoms with Crippen molar-refractivity contribution in [1.82, 2.24) is 9.97 Å². The Morgan fingerprint density at radius 3 is 2.37 bits per heavy atom. The quantitative estimate of drug-likeness (QED) is 0.391. The smallest absolute Gasteiger partial charge is 0.0629 e. The summed E-state index contributed by atoms with van der Waals surface area (Å²) in [5.41, 5.74) is 6.14. The van der Waals surface area contributed by atoms with Gasteiger partial charge in [0.25, 0.3) is 0 Å². The van der Waals surface area contributed by atoms with Gasteiger partial charge in [0.2, 0.25) is 0 Å². The van der Waals surface area contributed by atoms with Crippen LogP contribution in [-0.2, 0) is 0 Å². The first-order chi connectivity index (χ1) is 14.9. The predicted molar refractivity (Wildman–Crippen MR) is 125 cm³/mol. The van der Waals surface area contributed by atoms with Crippen LogP contribution in [0.4, 0.5) is 0 Å². The van der Waals surface area contributed by atoms with E-state index in [1.54, 1.807) is 12.4 Å². The van der Waals surface area contributed by atoms with Gasteiger partial charge in [-0.15, -0.1) is 0 Å². The van der Waals surface area contributed by atoms with Crippen LogP contribution in [0.25, 0.3) is 24.3 Å². The van der Waals surface area contributed by atoms with Crippen molar-refractivity contribution in [2.75, 3.05) is 0 Å². The van der Waals surface area contributed by atoms with Gasteiger partial charge in [0, 0.05) is 29.7 Å². The van der Waals surface area contributed by atoms with Gasteiger partial charge in [-0.1, -0.05) is 72.5 Å². The summed E-state index contributed by atoms with van der Waals surface area (Å²) in [5, 5.41) is 0. The zero-order chi connectivity index (χ0) is 20.4. The van der Waals surface area contributed by atoms with Crippen molar-refractivity contribution < 1.29 is 0 Å². The molecule has 30 heavy (non-hydrogen) atoms. The highest BCUT2D eigenvalue weighted by atomic mass is 14.6. The molecule has 0 aliphatic rings. The fourth-order valence-electron chi connectivity index (χ4n) is 2.93. The minimum Gasteiger partial charge on any atom is -0.264 e. The van der Waals surface area contributed by atoms with Gasteiger partial charge in [0.15, 0.2) is 0 Å². The third-order valence-electron chi connectivity index (χ3n) is 4.46. The lowest BCUT2D eigenvalue weighted by Crippen LogP contribution is -1.83. The Hall–Kier alpha value is -4.22. The van der Waals surface area contributed by atoms with Gasteiger partial charge >= 0.3 is 0 Å². The fourth-order valence-corrected chi connectivity index (χ4v) is 2.93. The molecule has 0 fully saturated rings. The molecule has 0 atom stereocenters. The second-order valence-corrected chi connectivity index (χ2v) is 6.67. The molecule has 142 valence electrons. The van der Waals surface area contributed by atoms with Gasteiger partial charge in [-0.25, -0.2) is 0 Å². The molecule has 0 bridgehead atoms. The van der Waals surface area contributed by atoms with E-state index in [2.05, 4.69) is 58.2 Å². The van der Waals surface area contributed by atoms with Gasteiger partial charge in [-0.2, -0.15) is 0 Å². The molecule has 0 aliphatic heterocycles. The first-order valence-corrected chi connectivity index (χ1v) is 9.75. The van der Waals surface area contributed by atoms with Gasteiger partial charge in [-0.3, -0.25) is 9.97 Å². The first kappa shape index (κ1) is 19.1. The van der Waals surface area contributed by atoms with Gasteiger partial charge in [0.05, 0.1) is 5.69 Å². The number of pyridine rings is 2. The van der Waals surface area contributed by atoms with Crippen LogP contribution in [0.2, 0.25) is 0 Å². The third-order valence-corrected chi connectivity index (χ3v) is 4.46. The summed E-state index contributed by atoms with van der Waals surface area (Å²) in [5.74, 6) is 6.61. The molecule has 0 radical (unpaired) electrons. The maximum atomic E-state index is 4.32. The minimum atomic E-state index is 0.934. The van der Waals surface area contributed by atoms with E-state index < -0.39 is 0 Å². The molecule has 0 saturated carbocycles. The van der Waals surface area contributed by atoms with Crippen LogP contribution in [0.1, 0.15) is 33.5 Å². The normalized spacial score (nSPS) is 10.8. The summed E-state index contributed by atoms with van der Waals surface area (Å²) < 4.78 is 0. The molecule has 0 unspecified atom stereocenters. The number of hydrogen-bond donors (Lipinski definition) is 0. The molecule has 0 spiro atoms. The minimum absolute atomic E-state index is 0.934. The summed E-state index contributed by atoms with van der Waals surface area (Å²) in [6.45, 7) is 0. The SMILES string of the molecule is C(#Cc1ccccc1/C=C/c1cccnc1)c1cccc(/C=C/c2ccccn2)c1. The number of nitrogens with zero attached hydrogens (tertiary/aromatic N) is 2. The van der Waals surface area contributed by atoms with Gasteiger partial charge in [0.1, 0.15) is 0 Å². The molecule has 4 aromatic rings. The van der Waals surface area contributed by atoms with Gasteiger partial charge < -0.3 is 0 Å². The first-order valence-electron chi connectivity index (χ1n) is 9.75. The lowest BCUT2D eigenvalue weighted by atomic mass is 10.1. The molecule has 2 aromatic carbocycles. The van der Waals surface area contributed by atoms with Crippen LogP contribution >= 0.6 is 0 Å². The second kappa shape index (κ2) is 9.82. The number of hydrogen-bond acceptors (Lipinski definition) is 2. The Morgan fingerprint density at radius 2 is 1.50 bits per heavy atom. The Balaban J connectivity index is 1.55. The number of rotatable bonds is 4. The summed E-state index contributed by atoms with van der Waals surface area (Å²) in [6, 6.07) is 26.2. The molecule has 0 amide bonds.